The molecular weight excluding hydrogens is 285 g/mol. The van der Waals surface area contributed by atoms with E-state index in [9.17, 15) is 18.0 Å². The van der Waals surface area contributed by atoms with Crippen molar-refractivity contribution in [2.24, 2.45) is 0 Å². The standard InChI is InChI=1S/C13H15F3N4O/c1-20(2)12(21)19-6-5-18-10-4-3-9(8-17)11(7-10)13(14,15)16/h3-4,7,18H,5-6H2,1-2H3,(H,19,21). The highest BCUT2D eigenvalue weighted by molar-refractivity contribution is 5.73. The Kier molecular flexibility index (Phi) is 5.41. The van der Waals surface area contributed by atoms with Crippen LogP contribution in [-0.4, -0.2) is 38.1 Å². The predicted octanol–water partition coefficient (Wildman–Crippen LogP) is 2.26. The minimum Gasteiger partial charge on any atom is -0.383 e. The topological polar surface area (TPSA) is 68.2 Å². The van der Waals surface area contributed by atoms with Gasteiger partial charge in [0.05, 0.1) is 17.2 Å². The van der Waals surface area contributed by atoms with Gasteiger partial charge < -0.3 is 15.5 Å². The molecule has 0 unspecified atom stereocenters. The lowest BCUT2D eigenvalue weighted by atomic mass is 10.1. The van der Waals surface area contributed by atoms with Gasteiger partial charge in [0.2, 0.25) is 0 Å². The lowest BCUT2D eigenvalue weighted by molar-refractivity contribution is -0.137. The highest BCUT2D eigenvalue weighted by Crippen LogP contribution is 2.33. The van der Waals surface area contributed by atoms with E-state index in [1.54, 1.807) is 14.1 Å². The first-order valence-corrected chi connectivity index (χ1v) is 6.06. The maximum atomic E-state index is 12.8. The summed E-state index contributed by atoms with van der Waals surface area (Å²) < 4.78 is 38.3. The number of hydrogen-bond donors (Lipinski definition) is 2. The van der Waals surface area contributed by atoms with Gasteiger partial charge in [0.15, 0.2) is 0 Å². The highest BCUT2D eigenvalue weighted by Gasteiger charge is 2.33. The molecule has 1 aromatic carbocycles. The van der Waals surface area contributed by atoms with Crippen LogP contribution in [0.4, 0.5) is 23.7 Å². The van der Waals surface area contributed by atoms with E-state index in [0.29, 0.717) is 0 Å². The highest BCUT2D eigenvalue weighted by atomic mass is 19.4. The molecule has 0 spiro atoms. The normalized spacial score (nSPS) is 10.7. The van der Waals surface area contributed by atoms with Crippen LogP contribution in [0.25, 0.3) is 0 Å². The molecule has 0 saturated heterocycles. The molecule has 2 amide bonds. The molecule has 114 valence electrons. The molecule has 1 aromatic rings. The third-order valence-corrected chi connectivity index (χ3v) is 2.58. The average Bonchev–Trinajstić information content (AvgIpc) is 2.42. The Labute approximate surface area is 120 Å². The van der Waals surface area contributed by atoms with Crippen LogP contribution in [0, 0.1) is 11.3 Å². The second-order valence-corrected chi connectivity index (χ2v) is 4.42. The zero-order valence-corrected chi connectivity index (χ0v) is 11.6. The van der Waals surface area contributed by atoms with Crippen LogP contribution in [0.15, 0.2) is 18.2 Å². The molecule has 0 radical (unpaired) electrons. The minimum atomic E-state index is -4.58. The fourth-order valence-corrected chi connectivity index (χ4v) is 1.52. The van der Waals surface area contributed by atoms with Gasteiger partial charge in [-0.25, -0.2) is 4.79 Å². The van der Waals surface area contributed by atoms with Crippen LogP contribution in [0.3, 0.4) is 0 Å². The number of nitrogens with one attached hydrogen (secondary N) is 2. The number of nitrogens with zero attached hydrogens (tertiary/aromatic N) is 2. The third kappa shape index (κ3) is 4.87. The van der Waals surface area contributed by atoms with Crippen molar-refractivity contribution in [3.63, 3.8) is 0 Å². The van der Waals surface area contributed by atoms with Crippen LogP contribution in [-0.2, 0) is 6.18 Å². The van der Waals surface area contributed by atoms with E-state index < -0.39 is 17.3 Å². The maximum absolute atomic E-state index is 12.8. The molecule has 0 aromatic heterocycles. The molecule has 1 rings (SSSR count). The number of benzene rings is 1. The Morgan fingerprint density at radius 1 is 1.33 bits per heavy atom. The van der Waals surface area contributed by atoms with Crippen molar-refractivity contribution < 1.29 is 18.0 Å². The van der Waals surface area contributed by atoms with Gasteiger partial charge in [-0.2, -0.15) is 18.4 Å². The van der Waals surface area contributed by atoms with Gasteiger partial charge in [-0.15, -0.1) is 0 Å². The van der Waals surface area contributed by atoms with Crippen molar-refractivity contribution in [1.82, 2.24) is 10.2 Å². The van der Waals surface area contributed by atoms with Crippen LogP contribution in [0.5, 0.6) is 0 Å². The van der Waals surface area contributed by atoms with Crippen molar-refractivity contribution in [2.45, 2.75) is 6.18 Å². The predicted molar refractivity (Wildman–Crippen MR) is 71.7 cm³/mol. The van der Waals surface area contributed by atoms with Crippen LogP contribution in [0.2, 0.25) is 0 Å². The molecule has 2 N–H and O–H groups in total. The number of alkyl halides is 3. The summed E-state index contributed by atoms with van der Waals surface area (Å²) in [5.74, 6) is 0. The average molecular weight is 300 g/mol. The molecule has 21 heavy (non-hydrogen) atoms. The number of hydrogen-bond acceptors (Lipinski definition) is 3. The number of nitriles is 1. The van der Waals surface area contributed by atoms with Gasteiger partial charge in [-0.05, 0) is 18.2 Å². The fraction of sp³-hybridized carbons (Fsp3) is 0.385. The fourth-order valence-electron chi connectivity index (χ4n) is 1.52. The van der Waals surface area contributed by atoms with Crippen molar-refractivity contribution in [1.29, 1.82) is 5.26 Å². The van der Waals surface area contributed by atoms with Gasteiger partial charge >= 0.3 is 12.2 Å². The SMILES string of the molecule is CN(C)C(=O)NCCNc1ccc(C#N)c(C(F)(F)F)c1. The van der Waals surface area contributed by atoms with E-state index in [1.165, 1.54) is 17.0 Å². The summed E-state index contributed by atoms with van der Waals surface area (Å²) in [6, 6.07) is 4.62. The Hall–Kier alpha value is -2.43. The molecule has 0 atom stereocenters. The molecular formula is C13H15F3N4O. The first-order valence-electron chi connectivity index (χ1n) is 6.06. The van der Waals surface area contributed by atoms with Crippen LogP contribution in [0.1, 0.15) is 11.1 Å². The third-order valence-electron chi connectivity index (χ3n) is 2.58. The molecule has 0 bridgehead atoms. The number of urea groups is 1. The number of rotatable bonds is 4. The van der Waals surface area contributed by atoms with E-state index in [4.69, 9.17) is 5.26 Å². The van der Waals surface area contributed by atoms with Gasteiger partial charge in [0.1, 0.15) is 0 Å². The number of amides is 2. The van der Waals surface area contributed by atoms with Gasteiger partial charge in [0, 0.05) is 32.9 Å². The van der Waals surface area contributed by atoms with Crippen molar-refractivity contribution in [3.05, 3.63) is 29.3 Å². The number of anilines is 1. The first-order chi connectivity index (χ1) is 9.75. The largest absolute Gasteiger partial charge is 0.417 e. The molecule has 0 saturated carbocycles. The molecule has 0 heterocycles. The molecule has 0 fully saturated rings. The minimum absolute atomic E-state index is 0.237. The zero-order chi connectivity index (χ0) is 16.0. The molecule has 5 nitrogen and oxygen atoms in total. The van der Waals surface area contributed by atoms with E-state index in [0.717, 1.165) is 12.1 Å². The lowest BCUT2D eigenvalue weighted by Crippen LogP contribution is -2.37. The molecule has 0 aliphatic heterocycles. The molecule has 0 aliphatic rings. The zero-order valence-electron chi connectivity index (χ0n) is 11.6. The second kappa shape index (κ2) is 6.83. The van der Waals surface area contributed by atoms with Gasteiger partial charge in [-0.3, -0.25) is 0 Å². The van der Waals surface area contributed by atoms with Crippen molar-refractivity contribution >= 4 is 11.7 Å². The van der Waals surface area contributed by atoms with E-state index >= 15 is 0 Å². The smallest absolute Gasteiger partial charge is 0.383 e. The van der Waals surface area contributed by atoms with Crippen molar-refractivity contribution in [2.75, 3.05) is 32.5 Å². The Morgan fingerprint density at radius 3 is 2.52 bits per heavy atom. The summed E-state index contributed by atoms with van der Waals surface area (Å²) in [5, 5.41) is 14.0. The van der Waals surface area contributed by atoms with Crippen molar-refractivity contribution in [3.8, 4) is 6.07 Å². The number of carbonyl (C=O) groups is 1. The van der Waals surface area contributed by atoms with Gasteiger partial charge in [0.25, 0.3) is 0 Å². The Bertz CT molecular complexity index is 549. The molecule has 0 aliphatic carbocycles. The van der Waals surface area contributed by atoms with Gasteiger partial charge in [-0.1, -0.05) is 0 Å². The number of carbonyl (C=O) groups excluding carboxylic acids is 1. The quantitative estimate of drug-likeness (QED) is 0.838. The summed E-state index contributed by atoms with van der Waals surface area (Å²) in [4.78, 5) is 12.6. The van der Waals surface area contributed by atoms with Crippen LogP contribution < -0.4 is 10.6 Å². The summed E-state index contributed by atoms with van der Waals surface area (Å²) in [7, 11) is 3.16. The monoisotopic (exact) mass is 300 g/mol. The van der Waals surface area contributed by atoms with E-state index in [2.05, 4.69) is 10.6 Å². The summed E-state index contributed by atoms with van der Waals surface area (Å²) >= 11 is 0. The van der Waals surface area contributed by atoms with E-state index in [-0.39, 0.29) is 24.8 Å². The summed E-state index contributed by atoms with van der Waals surface area (Å²) in [5.41, 5.74) is -1.17. The first kappa shape index (κ1) is 16.6. The summed E-state index contributed by atoms with van der Waals surface area (Å²) in [6.07, 6.45) is -4.58. The summed E-state index contributed by atoms with van der Waals surface area (Å²) in [6.45, 7) is 0.529. The van der Waals surface area contributed by atoms with Crippen LogP contribution >= 0.6 is 0 Å². The van der Waals surface area contributed by atoms with E-state index in [1.807, 2.05) is 0 Å². The molecule has 8 heteroatoms. The second-order valence-electron chi connectivity index (χ2n) is 4.42. The number of halogens is 3. The Morgan fingerprint density at radius 2 is 2.00 bits per heavy atom. The maximum Gasteiger partial charge on any atom is 0.417 e. The lowest BCUT2D eigenvalue weighted by Gasteiger charge is -2.14. The Balaban J connectivity index is 2.65.